The van der Waals surface area contributed by atoms with Crippen molar-refractivity contribution in [1.29, 1.82) is 0 Å². The van der Waals surface area contributed by atoms with E-state index in [0.29, 0.717) is 12.1 Å². The Kier molecular flexibility index (Phi) is 4.34. The molecule has 1 saturated heterocycles. The summed E-state index contributed by atoms with van der Waals surface area (Å²) in [4.78, 5) is 14.2. The van der Waals surface area contributed by atoms with E-state index < -0.39 is 0 Å². The van der Waals surface area contributed by atoms with Crippen LogP contribution < -0.4 is 5.32 Å². The van der Waals surface area contributed by atoms with Crippen molar-refractivity contribution in [1.82, 2.24) is 4.90 Å². The summed E-state index contributed by atoms with van der Waals surface area (Å²) < 4.78 is 14.0. The normalized spacial score (nSPS) is 17.5. The highest BCUT2D eigenvalue weighted by molar-refractivity contribution is 7.99. The number of nitrogens with one attached hydrogen (secondary N) is 1. The molecular formula is C17H17FN2OS. The van der Waals surface area contributed by atoms with Crippen LogP contribution in [-0.2, 0) is 0 Å². The Labute approximate surface area is 133 Å². The first-order chi connectivity index (χ1) is 10.6. The quantitative estimate of drug-likeness (QED) is 0.890. The molecule has 22 heavy (non-hydrogen) atoms. The van der Waals surface area contributed by atoms with Gasteiger partial charge in [-0.3, -0.25) is 0 Å². The van der Waals surface area contributed by atoms with E-state index in [9.17, 15) is 9.18 Å². The summed E-state index contributed by atoms with van der Waals surface area (Å²) in [7, 11) is 0. The predicted octanol–water partition coefficient (Wildman–Crippen LogP) is 4.41. The number of anilines is 1. The molecule has 2 amide bonds. The summed E-state index contributed by atoms with van der Waals surface area (Å²) in [6, 6.07) is 14.1. The van der Waals surface area contributed by atoms with Crippen molar-refractivity contribution in [3.05, 3.63) is 65.5 Å². The number of carbonyl (C=O) groups is 1. The first-order valence-corrected chi connectivity index (χ1v) is 8.20. The van der Waals surface area contributed by atoms with Gasteiger partial charge in [0.2, 0.25) is 0 Å². The van der Waals surface area contributed by atoms with Crippen molar-refractivity contribution in [3.8, 4) is 0 Å². The Morgan fingerprint density at radius 3 is 2.68 bits per heavy atom. The van der Waals surface area contributed by atoms with Crippen molar-refractivity contribution in [3.63, 3.8) is 0 Å². The van der Waals surface area contributed by atoms with Gasteiger partial charge in [-0.2, -0.15) is 0 Å². The molecule has 114 valence electrons. The molecule has 0 bridgehead atoms. The molecule has 1 heterocycles. The highest BCUT2D eigenvalue weighted by Gasteiger charge is 2.32. The minimum absolute atomic E-state index is 0.192. The third kappa shape index (κ3) is 3.09. The van der Waals surface area contributed by atoms with E-state index in [1.807, 2.05) is 31.2 Å². The van der Waals surface area contributed by atoms with Gasteiger partial charge in [0.25, 0.3) is 0 Å². The Morgan fingerprint density at radius 1 is 1.23 bits per heavy atom. The third-order valence-electron chi connectivity index (χ3n) is 3.63. The number of amides is 2. The number of hydrogen-bond acceptors (Lipinski definition) is 2. The Bertz CT molecular complexity index is 675. The van der Waals surface area contributed by atoms with Crippen molar-refractivity contribution in [2.75, 3.05) is 17.6 Å². The molecule has 1 N–H and O–H groups in total. The first kappa shape index (κ1) is 14.9. The topological polar surface area (TPSA) is 32.3 Å². The molecule has 0 aromatic heterocycles. The second kappa shape index (κ2) is 6.40. The molecular weight excluding hydrogens is 299 g/mol. The summed E-state index contributed by atoms with van der Waals surface area (Å²) in [6.07, 6.45) is 0. The van der Waals surface area contributed by atoms with Gasteiger partial charge in [-0.05, 0) is 25.1 Å². The fourth-order valence-corrected chi connectivity index (χ4v) is 3.72. The van der Waals surface area contributed by atoms with E-state index in [1.165, 1.54) is 6.07 Å². The summed E-state index contributed by atoms with van der Waals surface area (Å²) in [5.41, 5.74) is 2.45. The Morgan fingerprint density at radius 2 is 1.95 bits per heavy atom. The number of nitrogens with zero attached hydrogens (tertiary/aromatic N) is 1. The van der Waals surface area contributed by atoms with E-state index in [0.717, 1.165) is 17.0 Å². The highest BCUT2D eigenvalue weighted by Crippen LogP contribution is 2.39. The molecule has 0 unspecified atom stereocenters. The van der Waals surface area contributed by atoms with Crippen LogP contribution in [0.3, 0.4) is 0 Å². The van der Waals surface area contributed by atoms with Gasteiger partial charge in [-0.15, -0.1) is 11.8 Å². The number of rotatable bonds is 2. The molecule has 0 radical (unpaired) electrons. The molecule has 1 aliphatic heterocycles. The minimum atomic E-state index is -0.272. The number of carbonyl (C=O) groups excluding carboxylic acids is 1. The Hall–Kier alpha value is -2.01. The maximum Gasteiger partial charge on any atom is 0.323 e. The number of thioether (sulfide) groups is 1. The van der Waals surface area contributed by atoms with Gasteiger partial charge in [0.1, 0.15) is 11.2 Å². The fourth-order valence-electron chi connectivity index (χ4n) is 2.44. The van der Waals surface area contributed by atoms with Crippen LogP contribution in [0.4, 0.5) is 14.9 Å². The summed E-state index contributed by atoms with van der Waals surface area (Å²) >= 11 is 1.58. The zero-order valence-corrected chi connectivity index (χ0v) is 13.1. The van der Waals surface area contributed by atoms with Crippen LogP contribution in [0.15, 0.2) is 48.5 Å². The van der Waals surface area contributed by atoms with Crippen molar-refractivity contribution < 1.29 is 9.18 Å². The van der Waals surface area contributed by atoms with Gasteiger partial charge < -0.3 is 10.2 Å². The minimum Gasteiger partial charge on any atom is -0.308 e. The average molecular weight is 316 g/mol. The number of benzene rings is 2. The van der Waals surface area contributed by atoms with Crippen molar-refractivity contribution >= 4 is 23.5 Å². The van der Waals surface area contributed by atoms with Crippen LogP contribution in [0.2, 0.25) is 0 Å². The number of aryl methyl sites for hydroxylation is 1. The highest BCUT2D eigenvalue weighted by atomic mass is 32.2. The van der Waals surface area contributed by atoms with Crippen LogP contribution in [0, 0.1) is 12.7 Å². The average Bonchev–Trinajstić information content (AvgIpc) is 2.99. The van der Waals surface area contributed by atoms with Gasteiger partial charge in [-0.1, -0.05) is 35.9 Å². The summed E-state index contributed by atoms with van der Waals surface area (Å²) in [6.45, 7) is 2.61. The molecule has 2 aromatic rings. The smallest absolute Gasteiger partial charge is 0.308 e. The molecule has 3 nitrogen and oxygen atoms in total. The fraction of sp³-hybridized carbons (Fsp3) is 0.235. The van der Waals surface area contributed by atoms with Crippen molar-refractivity contribution in [2.24, 2.45) is 0 Å². The molecule has 3 rings (SSSR count). The summed E-state index contributed by atoms with van der Waals surface area (Å²) in [5, 5.41) is 2.61. The number of urea groups is 1. The van der Waals surface area contributed by atoms with E-state index in [1.54, 1.807) is 34.9 Å². The van der Waals surface area contributed by atoms with E-state index >= 15 is 0 Å². The lowest BCUT2D eigenvalue weighted by Gasteiger charge is -2.24. The van der Waals surface area contributed by atoms with Crippen molar-refractivity contribution in [2.45, 2.75) is 12.3 Å². The molecule has 0 aliphatic carbocycles. The van der Waals surface area contributed by atoms with Gasteiger partial charge in [0.15, 0.2) is 0 Å². The molecule has 1 fully saturated rings. The summed E-state index contributed by atoms with van der Waals surface area (Å²) in [5.74, 6) is 0.537. The number of hydrogen-bond donors (Lipinski definition) is 1. The van der Waals surface area contributed by atoms with Gasteiger partial charge in [0.05, 0.1) is 0 Å². The Balaban J connectivity index is 1.76. The van der Waals surface area contributed by atoms with Crippen LogP contribution in [-0.4, -0.2) is 23.2 Å². The molecule has 0 saturated carbocycles. The largest absolute Gasteiger partial charge is 0.323 e. The lowest BCUT2D eigenvalue weighted by molar-refractivity contribution is 0.213. The van der Waals surface area contributed by atoms with Crippen LogP contribution in [0.1, 0.15) is 16.5 Å². The molecule has 0 spiro atoms. The zero-order valence-electron chi connectivity index (χ0n) is 12.3. The SMILES string of the molecule is Cc1ccc(NC(=O)N2CCS[C@H]2c2ccccc2F)cc1. The van der Waals surface area contributed by atoms with Gasteiger partial charge >= 0.3 is 6.03 Å². The van der Waals surface area contributed by atoms with Crippen LogP contribution in [0.5, 0.6) is 0 Å². The van der Waals surface area contributed by atoms with E-state index in [4.69, 9.17) is 0 Å². The second-order valence-electron chi connectivity index (χ2n) is 5.23. The maximum atomic E-state index is 14.0. The van der Waals surface area contributed by atoms with E-state index in [-0.39, 0.29) is 17.2 Å². The second-order valence-corrected chi connectivity index (χ2v) is 6.42. The first-order valence-electron chi connectivity index (χ1n) is 7.15. The molecule has 1 atom stereocenters. The lowest BCUT2D eigenvalue weighted by atomic mass is 10.2. The molecule has 2 aromatic carbocycles. The van der Waals surface area contributed by atoms with Crippen LogP contribution >= 0.6 is 11.8 Å². The molecule has 5 heteroatoms. The maximum absolute atomic E-state index is 14.0. The predicted molar refractivity (Wildman–Crippen MR) is 88.5 cm³/mol. The van der Waals surface area contributed by atoms with E-state index in [2.05, 4.69) is 5.32 Å². The van der Waals surface area contributed by atoms with Gasteiger partial charge in [0, 0.05) is 23.5 Å². The third-order valence-corrected chi connectivity index (χ3v) is 4.87. The van der Waals surface area contributed by atoms with Crippen LogP contribution in [0.25, 0.3) is 0 Å². The molecule has 1 aliphatic rings. The monoisotopic (exact) mass is 316 g/mol. The van der Waals surface area contributed by atoms with Gasteiger partial charge in [-0.25, -0.2) is 9.18 Å². The lowest BCUT2D eigenvalue weighted by Crippen LogP contribution is -2.34. The number of halogens is 1. The standard InChI is InChI=1S/C17H17FN2OS/c1-12-6-8-13(9-7-12)19-17(21)20-10-11-22-16(20)14-4-2-3-5-15(14)18/h2-9,16H,10-11H2,1H3,(H,19,21)/t16-/m0/s1. The zero-order chi connectivity index (χ0) is 15.5.